The third-order valence-electron chi connectivity index (χ3n) is 1.66. The lowest BCUT2D eigenvalue weighted by Gasteiger charge is -2.13. The van der Waals surface area contributed by atoms with Crippen LogP contribution in [0.15, 0.2) is 24.3 Å². The molecule has 1 rings (SSSR count). The van der Waals surface area contributed by atoms with E-state index in [1.807, 2.05) is 38.1 Å². The van der Waals surface area contributed by atoms with Gasteiger partial charge in [-0.05, 0) is 39.8 Å². The second-order valence-electron chi connectivity index (χ2n) is 3.99. The molecular weight excluding hydrogens is 174 g/mol. The van der Waals surface area contributed by atoms with Crippen LogP contribution >= 0.6 is 0 Å². The van der Waals surface area contributed by atoms with Crippen molar-refractivity contribution in [3.63, 3.8) is 0 Å². The summed E-state index contributed by atoms with van der Waals surface area (Å²) >= 11 is 0. The molecular formula is C12H19NO. The molecule has 1 aromatic rings. The summed E-state index contributed by atoms with van der Waals surface area (Å²) < 4.78 is 5.60. The third-order valence-corrected chi connectivity index (χ3v) is 1.66. The van der Waals surface area contributed by atoms with Crippen LogP contribution in [0.4, 0.5) is 5.69 Å². The molecule has 14 heavy (non-hydrogen) atoms. The van der Waals surface area contributed by atoms with Gasteiger partial charge in [0, 0.05) is 17.8 Å². The fraction of sp³-hybridized carbons (Fsp3) is 0.500. The van der Waals surface area contributed by atoms with Crippen LogP contribution in [-0.2, 0) is 0 Å². The molecule has 0 saturated heterocycles. The van der Waals surface area contributed by atoms with Crippen LogP contribution in [0.2, 0.25) is 0 Å². The first-order valence-electron chi connectivity index (χ1n) is 5.11. The van der Waals surface area contributed by atoms with Gasteiger partial charge in [-0.3, -0.25) is 0 Å². The van der Waals surface area contributed by atoms with Crippen molar-refractivity contribution in [1.82, 2.24) is 0 Å². The van der Waals surface area contributed by atoms with Crippen molar-refractivity contribution in [3.05, 3.63) is 24.3 Å². The van der Waals surface area contributed by atoms with Crippen molar-refractivity contribution in [2.24, 2.45) is 0 Å². The van der Waals surface area contributed by atoms with E-state index in [-0.39, 0.29) is 6.10 Å². The van der Waals surface area contributed by atoms with Crippen molar-refractivity contribution in [1.29, 1.82) is 0 Å². The number of anilines is 1. The summed E-state index contributed by atoms with van der Waals surface area (Å²) in [5.41, 5.74) is 1.11. The Labute approximate surface area is 86.3 Å². The monoisotopic (exact) mass is 193 g/mol. The van der Waals surface area contributed by atoms with E-state index in [4.69, 9.17) is 4.74 Å². The Bertz CT molecular complexity index is 256. The molecule has 2 nitrogen and oxygen atoms in total. The summed E-state index contributed by atoms with van der Waals surface area (Å²) in [6.07, 6.45) is 0.226. The highest BCUT2D eigenvalue weighted by molar-refractivity contribution is 5.48. The Balaban J connectivity index is 2.68. The van der Waals surface area contributed by atoms with Gasteiger partial charge >= 0.3 is 0 Å². The summed E-state index contributed by atoms with van der Waals surface area (Å²) in [7, 11) is 0. The summed E-state index contributed by atoms with van der Waals surface area (Å²) in [6, 6.07) is 8.51. The molecule has 0 spiro atoms. The lowest BCUT2D eigenvalue weighted by Crippen LogP contribution is -2.10. The number of benzene rings is 1. The van der Waals surface area contributed by atoms with E-state index in [0.717, 1.165) is 11.4 Å². The first-order chi connectivity index (χ1) is 6.58. The smallest absolute Gasteiger partial charge is 0.121 e. The van der Waals surface area contributed by atoms with Gasteiger partial charge in [-0.25, -0.2) is 0 Å². The first kappa shape index (κ1) is 10.9. The average molecular weight is 193 g/mol. The molecule has 2 heteroatoms. The zero-order valence-electron chi connectivity index (χ0n) is 9.37. The molecule has 0 aliphatic carbocycles. The molecule has 78 valence electrons. The molecule has 1 N–H and O–H groups in total. The summed E-state index contributed by atoms with van der Waals surface area (Å²) in [5, 5.41) is 3.34. The van der Waals surface area contributed by atoms with Crippen LogP contribution in [0.5, 0.6) is 5.75 Å². The Morgan fingerprint density at radius 1 is 1.14 bits per heavy atom. The maximum atomic E-state index is 5.60. The minimum atomic E-state index is 0.226. The van der Waals surface area contributed by atoms with Crippen LogP contribution in [0, 0.1) is 0 Å². The van der Waals surface area contributed by atoms with Crippen molar-refractivity contribution >= 4 is 5.69 Å². The van der Waals surface area contributed by atoms with Gasteiger partial charge in [0.25, 0.3) is 0 Å². The van der Waals surface area contributed by atoms with Crippen LogP contribution in [0.1, 0.15) is 27.7 Å². The summed E-state index contributed by atoms with van der Waals surface area (Å²) in [6.45, 7) is 8.30. The fourth-order valence-electron chi connectivity index (χ4n) is 1.26. The highest BCUT2D eigenvalue weighted by Gasteiger charge is 1.99. The topological polar surface area (TPSA) is 21.3 Å². The van der Waals surface area contributed by atoms with Crippen LogP contribution in [0.25, 0.3) is 0 Å². The molecule has 0 amide bonds. The van der Waals surface area contributed by atoms with E-state index in [1.165, 1.54) is 0 Å². The second-order valence-corrected chi connectivity index (χ2v) is 3.99. The SMILES string of the molecule is CC(C)Nc1cccc(OC(C)C)c1. The average Bonchev–Trinajstić information content (AvgIpc) is 2.01. The van der Waals surface area contributed by atoms with Gasteiger partial charge in [-0.1, -0.05) is 6.07 Å². The zero-order chi connectivity index (χ0) is 10.6. The number of nitrogens with one attached hydrogen (secondary N) is 1. The predicted molar refractivity (Wildman–Crippen MR) is 61.0 cm³/mol. The molecule has 0 bridgehead atoms. The van der Waals surface area contributed by atoms with E-state index < -0.39 is 0 Å². The minimum absolute atomic E-state index is 0.226. The highest BCUT2D eigenvalue weighted by atomic mass is 16.5. The van der Waals surface area contributed by atoms with Gasteiger partial charge in [0.15, 0.2) is 0 Å². The van der Waals surface area contributed by atoms with Gasteiger partial charge in [0.1, 0.15) is 5.75 Å². The van der Waals surface area contributed by atoms with E-state index in [0.29, 0.717) is 6.04 Å². The number of hydrogen-bond acceptors (Lipinski definition) is 2. The second kappa shape index (κ2) is 4.89. The van der Waals surface area contributed by atoms with E-state index in [9.17, 15) is 0 Å². The van der Waals surface area contributed by atoms with Gasteiger partial charge < -0.3 is 10.1 Å². The Hall–Kier alpha value is -1.18. The van der Waals surface area contributed by atoms with Crippen molar-refractivity contribution in [2.45, 2.75) is 39.8 Å². The molecule has 0 radical (unpaired) electrons. The molecule has 0 atom stereocenters. The lowest BCUT2D eigenvalue weighted by molar-refractivity contribution is 0.242. The third kappa shape index (κ3) is 3.69. The van der Waals surface area contributed by atoms with E-state index >= 15 is 0 Å². The van der Waals surface area contributed by atoms with Gasteiger partial charge in [-0.15, -0.1) is 0 Å². The number of hydrogen-bond donors (Lipinski definition) is 1. The highest BCUT2D eigenvalue weighted by Crippen LogP contribution is 2.18. The molecule has 0 aromatic heterocycles. The van der Waals surface area contributed by atoms with Crippen molar-refractivity contribution in [3.8, 4) is 5.75 Å². The minimum Gasteiger partial charge on any atom is -0.491 e. The van der Waals surface area contributed by atoms with Gasteiger partial charge in [0.05, 0.1) is 6.10 Å². The predicted octanol–water partition coefficient (Wildman–Crippen LogP) is 3.29. The normalized spacial score (nSPS) is 10.7. The van der Waals surface area contributed by atoms with Crippen LogP contribution in [0.3, 0.4) is 0 Å². The Morgan fingerprint density at radius 3 is 2.43 bits per heavy atom. The van der Waals surface area contributed by atoms with Crippen LogP contribution in [-0.4, -0.2) is 12.1 Å². The largest absolute Gasteiger partial charge is 0.491 e. The lowest BCUT2D eigenvalue weighted by atomic mass is 10.2. The molecule has 0 heterocycles. The number of ether oxygens (including phenoxy) is 1. The summed E-state index contributed by atoms with van der Waals surface area (Å²) in [4.78, 5) is 0. The molecule has 0 saturated carbocycles. The zero-order valence-corrected chi connectivity index (χ0v) is 9.37. The molecule has 0 fully saturated rings. The maximum absolute atomic E-state index is 5.60. The van der Waals surface area contributed by atoms with Crippen molar-refractivity contribution < 1.29 is 4.74 Å². The van der Waals surface area contributed by atoms with Gasteiger partial charge in [0.2, 0.25) is 0 Å². The fourth-order valence-corrected chi connectivity index (χ4v) is 1.26. The first-order valence-corrected chi connectivity index (χ1v) is 5.11. The van der Waals surface area contributed by atoms with Crippen molar-refractivity contribution in [2.75, 3.05) is 5.32 Å². The quantitative estimate of drug-likeness (QED) is 0.792. The molecule has 0 aliphatic heterocycles. The Morgan fingerprint density at radius 2 is 1.86 bits per heavy atom. The number of rotatable bonds is 4. The van der Waals surface area contributed by atoms with Gasteiger partial charge in [-0.2, -0.15) is 0 Å². The summed E-state index contributed by atoms with van der Waals surface area (Å²) in [5.74, 6) is 0.922. The van der Waals surface area contributed by atoms with E-state index in [1.54, 1.807) is 0 Å². The Kier molecular flexibility index (Phi) is 3.81. The molecule has 1 aromatic carbocycles. The van der Waals surface area contributed by atoms with Crippen LogP contribution < -0.4 is 10.1 Å². The molecule has 0 unspecified atom stereocenters. The standard InChI is InChI=1S/C12H19NO/c1-9(2)13-11-6-5-7-12(8-11)14-10(3)4/h5-10,13H,1-4H3. The van der Waals surface area contributed by atoms with E-state index in [2.05, 4.69) is 19.2 Å². The maximum Gasteiger partial charge on any atom is 0.121 e. The molecule has 0 aliphatic rings.